The van der Waals surface area contributed by atoms with Crippen molar-refractivity contribution < 1.29 is 9.15 Å². The molecule has 4 heteroatoms. The van der Waals surface area contributed by atoms with E-state index in [2.05, 4.69) is 45.0 Å². The van der Waals surface area contributed by atoms with Crippen LogP contribution in [0.1, 0.15) is 31.9 Å². The highest BCUT2D eigenvalue weighted by Crippen LogP contribution is 2.35. The van der Waals surface area contributed by atoms with Crippen LogP contribution in [0.25, 0.3) is 22.1 Å². The molecule has 4 aromatic rings. The van der Waals surface area contributed by atoms with E-state index in [9.17, 15) is 4.79 Å². The van der Waals surface area contributed by atoms with Gasteiger partial charge in [-0.2, -0.15) is 0 Å². The Bertz CT molecular complexity index is 1230. The van der Waals surface area contributed by atoms with Crippen molar-refractivity contribution in [2.45, 2.75) is 32.8 Å². The quantitative estimate of drug-likeness (QED) is 0.335. The summed E-state index contributed by atoms with van der Waals surface area (Å²) in [5.41, 5.74) is 4.17. The summed E-state index contributed by atoms with van der Waals surface area (Å²) in [6, 6.07) is 23.0. The SMILES string of the molecule is CC(C)(C)c1ccc(COc2cc3oc(=O)cc(-c4ccccc4)c3cc2Cl)cc1. The Morgan fingerprint density at radius 2 is 1.63 bits per heavy atom. The summed E-state index contributed by atoms with van der Waals surface area (Å²) in [5.74, 6) is 0.484. The number of benzene rings is 3. The van der Waals surface area contributed by atoms with Gasteiger partial charge >= 0.3 is 5.63 Å². The van der Waals surface area contributed by atoms with E-state index < -0.39 is 5.63 Å². The van der Waals surface area contributed by atoms with Crippen LogP contribution in [0, 0.1) is 0 Å². The van der Waals surface area contributed by atoms with E-state index in [0.29, 0.717) is 23.0 Å². The van der Waals surface area contributed by atoms with Gasteiger partial charge in [-0.3, -0.25) is 0 Å². The van der Waals surface area contributed by atoms with Gasteiger partial charge in [-0.05, 0) is 33.7 Å². The Hall–Kier alpha value is -3.04. The Morgan fingerprint density at radius 1 is 0.933 bits per heavy atom. The minimum absolute atomic E-state index is 0.106. The fourth-order valence-electron chi connectivity index (χ4n) is 3.39. The first-order valence-corrected chi connectivity index (χ1v) is 10.2. The zero-order valence-corrected chi connectivity index (χ0v) is 18.0. The molecule has 4 rings (SSSR count). The molecule has 0 N–H and O–H groups in total. The minimum atomic E-state index is -0.410. The largest absolute Gasteiger partial charge is 0.487 e. The normalized spacial score (nSPS) is 11.6. The van der Waals surface area contributed by atoms with Crippen LogP contribution in [0.15, 0.2) is 82.0 Å². The van der Waals surface area contributed by atoms with Crippen molar-refractivity contribution in [3.8, 4) is 16.9 Å². The lowest BCUT2D eigenvalue weighted by Crippen LogP contribution is -2.10. The fraction of sp³-hybridized carbons (Fsp3) is 0.192. The maximum atomic E-state index is 12.1. The van der Waals surface area contributed by atoms with E-state index in [0.717, 1.165) is 22.1 Å². The molecule has 0 aliphatic heterocycles. The van der Waals surface area contributed by atoms with Gasteiger partial charge in [0.15, 0.2) is 0 Å². The minimum Gasteiger partial charge on any atom is -0.487 e. The third-order valence-corrected chi connectivity index (χ3v) is 5.39. The molecular weight excluding hydrogens is 396 g/mol. The maximum Gasteiger partial charge on any atom is 0.336 e. The first kappa shape index (κ1) is 20.2. The predicted molar refractivity (Wildman–Crippen MR) is 122 cm³/mol. The van der Waals surface area contributed by atoms with Crippen molar-refractivity contribution in [2.75, 3.05) is 0 Å². The lowest BCUT2D eigenvalue weighted by Gasteiger charge is -2.19. The maximum absolute atomic E-state index is 12.1. The molecular formula is C26H23ClO3. The first-order valence-electron chi connectivity index (χ1n) is 9.86. The molecule has 0 spiro atoms. The average Bonchev–Trinajstić information content (AvgIpc) is 2.72. The molecule has 0 aliphatic rings. The van der Waals surface area contributed by atoms with Gasteiger partial charge < -0.3 is 9.15 Å². The van der Waals surface area contributed by atoms with Gasteiger partial charge in [0.25, 0.3) is 0 Å². The summed E-state index contributed by atoms with van der Waals surface area (Å²) in [6.45, 7) is 6.93. The molecule has 0 atom stereocenters. The Morgan fingerprint density at radius 3 is 2.30 bits per heavy atom. The van der Waals surface area contributed by atoms with Crippen molar-refractivity contribution in [1.29, 1.82) is 0 Å². The van der Waals surface area contributed by atoms with E-state index in [1.54, 1.807) is 12.1 Å². The molecule has 1 aromatic heterocycles. The van der Waals surface area contributed by atoms with Gasteiger partial charge in [-0.15, -0.1) is 0 Å². The molecule has 0 fully saturated rings. The summed E-state index contributed by atoms with van der Waals surface area (Å²) in [7, 11) is 0. The van der Waals surface area contributed by atoms with Crippen molar-refractivity contribution in [1.82, 2.24) is 0 Å². The van der Waals surface area contributed by atoms with Crippen LogP contribution < -0.4 is 10.4 Å². The monoisotopic (exact) mass is 418 g/mol. The molecule has 3 nitrogen and oxygen atoms in total. The van der Waals surface area contributed by atoms with E-state index in [1.807, 2.05) is 30.3 Å². The highest BCUT2D eigenvalue weighted by atomic mass is 35.5. The zero-order valence-electron chi connectivity index (χ0n) is 17.2. The van der Waals surface area contributed by atoms with Gasteiger partial charge in [0.05, 0.1) is 5.02 Å². The smallest absolute Gasteiger partial charge is 0.336 e. The van der Waals surface area contributed by atoms with Crippen LogP contribution in [0.3, 0.4) is 0 Å². The number of hydrogen-bond donors (Lipinski definition) is 0. The second-order valence-electron chi connectivity index (χ2n) is 8.36. The van der Waals surface area contributed by atoms with Gasteiger partial charge in [0.1, 0.15) is 17.9 Å². The molecule has 0 aliphatic carbocycles. The second kappa shape index (κ2) is 8.00. The Balaban J connectivity index is 1.64. The molecule has 0 bridgehead atoms. The van der Waals surface area contributed by atoms with Crippen molar-refractivity contribution >= 4 is 22.6 Å². The molecule has 0 radical (unpaired) electrons. The van der Waals surface area contributed by atoms with Gasteiger partial charge in [-0.25, -0.2) is 4.79 Å². The number of halogens is 1. The predicted octanol–water partition coefficient (Wildman–Crippen LogP) is 6.99. The highest BCUT2D eigenvalue weighted by molar-refractivity contribution is 6.33. The topological polar surface area (TPSA) is 39.4 Å². The van der Waals surface area contributed by atoms with Crippen LogP contribution in [0.5, 0.6) is 5.75 Å². The summed E-state index contributed by atoms with van der Waals surface area (Å²) in [5, 5.41) is 1.24. The molecule has 0 amide bonds. The van der Waals surface area contributed by atoms with Gasteiger partial charge in [-0.1, -0.05) is 87.0 Å². The summed E-state index contributed by atoms with van der Waals surface area (Å²) in [6.07, 6.45) is 0. The van der Waals surface area contributed by atoms with E-state index in [-0.39, 0.29) is 5.41 Å². The van der Waals surface area contributed by atoms with E-state index in [1.165, 1.54) is 11.6 Å². The van der Waals surface area contributed by atoms with Crippen LogP contribution in [-0.2, 0) is 12.0 Å². The first-order chi connectivity index (χ1) is 14.3. The van der Waals surface area contributed by atoms with Crippen LogP contribution in [0.2, 0.25) is 5.02 Å². The lowest BCUT2D eigenvalue weighted by atomic mass is 9.87. The van der Waals surface area contributed by atoms with Crippen LogP contribution in [0.4, 0.5) is 0 Å². The Kier molecular flexibility index (Phi) is 5.40. The fourth-order valence-corrected chi connectivity index (χ4v) is 3.61. The standard InChI is InChI=1S/C26H23ClO3/c1-26(2,3)19-11-9-17(10-12-19)16-29-24-15-23-21(13-22(24)27)20(14-25(28)30-23)18-7-5-4-6-8-18/h4-15H,16H2,1-3H3. The van der Waals surface area contributed by atoms with Crippen molar-refractivity contribution in [2.24, 2.45) is 0 Å². The Labute approximate surface area is 180 Å². The third kappa shape index (κ3) is 4.27. The summed E-state index contributed by atoms with van der Waals surface area (Å²) < 4.78 is 11.4. The van der Waals surface area contributed by atoms with Gasteiger partial charge in [0.2, 0.25) is 0 Å². The average molecular weight is 419 g/mol. The zero-order chi connectivity index (χ0) is 21.3. The number of rotatable bonds is 4. The number of hydrogen-bond acceptors (Lipinski definition) is 3. The van der Waals surface area contributed by atoms with Crippen molar-refractivity contribution in [3.63, 3.8) is 0 Å². The second-order valence-corrected chi connectivity index (χ2v) is 8.77. The van der Waals surface area contributed by atoms with E-state index in [4.69, 9.17) is 20.8 Å². The molecule has 0 unspecified atom stereocenters. The lowest BCUT2D eigenvalue weighted by molar-refractivity contribution is 0.306. The molecule has 0 saturated heterocycles. The molecule has 0 saturated carbocycles. The number of fused-ring (bicyclic) bond motifs is 1. The van der Waals surface area contributed by atoms with Gasteiger partial charge in [0, 0.05) is 17.5 Å². The summed E-state index contributed by atoms with van der Waals surface area (Å²) in [4.78, 5) is 12.1. The summed E-state index contributed by atoms with van der Waals surface area (Å²) >= 11 is 6.51. The number of ether oxygens (including phenoxy) is 1. The molecule has 152 valence electrons. The van der Waals surface area contributed by atoms with E-state index >= 15 is 0 Å². The van der Waals surface area contributed by atoms with Crippen LogP contribution >= 0.6 is 11.6 Å². The highest BCUT2D eigenvalue weighted by Gasteiger charge is 2.14. The molecule has 30 heavy (non-hydrogen) atoms. The molecule has 1 heterocycles. The van der Waals surface area contributed by atoms with Crippen LogP contribution in [-0.4, -0.2) is 0 Å². The van der Waals surface area contributed by atoms with Crippen molar-refractivity contribution in [3.05, 3.63) is 99.4 Å². The molecule has 3 aromatic carbocycles. The third-order valence-electron chi connectivity index (χ3n) is 5.10.